The van der Waals surface area contributed by atoms with E-state index >= 15 is 0 Å². The molecule has 2 heterocycles. The third-order valence-corrected chi connectivity index (χ3v) is 4.73. The minimum atomic E-state index is -0.0437. The summed E-state index contributed by atoms with van der Waals surface area (Å²) in [7, 11) is 0. The van der Waals surface area contributed by atoms with Crippen molar-refractivity contribution in [1.29, 1.82) is 0 Å². The van der Waals surface area contributed by atoms with Gasteiger partial charge in [-0.25, -0.2) is 0 Å². The predicted molar refractivity (Wildman–Crippen MR) is 88.9 cm³/mol. The molecule has 2 atom stereocenters. The standard InChI is InChI=1S/C18H25N3O2/c22-17(9-8-14-5-2-1-3-6-14)21-12-10-15(13-21)20-18(23)16-7-4-11-19-16/h1-3,5-6,15-16,19H,4,7-13H2,(H,20,23)/t15?,16-/m0/s1. The second kappa shape index (κ2) is 7.59. The molecule has 23 heavy (non-hydrogen) atoms. The Balaban J connectivity index is 1.41. The highest BCUT2D eigenvalue weighted by Crippen LogP contribution is 2.13. The topological polar surface area (TPSA) is 61.4 Å². The second-order valence-electron chi connectivity index (χ2n) is 6.47. The van der Waals surface area contributed by atoms with Gasteiger partial charge in [-0.05, 0) is 37.8 Å². The Hall–Kier alpha value is -1.88. The van der Waals surface area contributed by atoms with E-state index < -0.39 is 0 Å². The van der Waals surface area contributed by atoms with Gasteiger partial charge in [-0.3, -0.25) is 9.59 Å². The predicted octanol–water partition coefficient (Wildman–Crippen LogP) is 1.09. The zero-order valence-electron chi connectivity index (χ0n) is 13.5. The van der Waals surface area contributed by atoms with Gasteiger partial charge in [0.1, 0.15) is 0 Å². The molecule has 2 fully saturated rings. The number of nitrogens with one attached hydrogen (secondary N) is 2. The lowest BCUT2D eigenvalue weighted by Crippen LogP contribution is -2.46. The van der Waals surface area contributed by atoms with Crippen LogP contribution in [-0.4, -0.2) is 48.4 Å². The molecule has 1 aromatic carbocycles. The van der Waals surface area contributed by atoms with Crippen LogP contribution >= 0.6 is 0 Å². The van der Waals surface area contributed by atoms with Gasteiger partial charge >= 0.3 is 0 Å². The zero-order chi connectivity index (χ0) is 16.1. The van der Waals surface area contributed by atoms with Crippen molar-refractivity contribution in [3.05, 3.63) is 35.9 Å². The van der Waals surface area contributed by atoms with E-state index in [0.29, 0.717) is 13.0 Å². The van der Waals surface area contributed by atoms with Crippen LogP contribution in [-0.2, 0) is 16.0 Å². The van der Waals surface area contributed by atoms with Gasteiger partial charge in [-0.15, -0.1) is 0 Å². The molecule has 124 valence electrons. The highest BCUT2D eigenvalue weighted by Gasteiger charge is 2.29. The van der Waals surface area contributed by atoms with Crippen LogP contribution in [0.15, 0.2) is 30.3 Å². The largest absolute Gasteiger partial charge is 0.350 e. The average Bonchev–Trinajstić information content (AvgIpc) is 3.25. The molecule has 2 saturated heterocycles. The van der Waals surface area contributed by atoms with E-state index in [0.717, 1.165) is 38.8 Å². The molecule has 1 unspecified atom stereocenters. The summed E-state index contributed by atoms with van der Waals surface area (Å²) in [6, 6.07) is 10.1. The number of hydrogen-bond donors (Lipinski definition) is 2. The van der Waals surface area contributed by atoms with Gasteiger partial charge in [-0.1, -0.05) is 30.3 Å². The van der Waals surface area contributed by atoms with Gasteiger partial charge in [0.25, 0.3) is 0 Å². The fraction of sp³-hybridized carbons (Fsp3) is 0.556. The Bertz CT molecular complexity index is 540. The molecular weight excluding hydrogens is 290 g/mol. The number of amides is 2. The molecule has 2 N–H and O–H groups in total. The number of hydrogen-bond acceptors (Lipinski definition) is 3. The number of nitrogens with zero attached hydrogens (tertiary/aromatic N) is 1. The maximum Gasteiger partial charge on any atom is 0.237 e. The van der Waals surface area contributed by atoms with Gasteiger partial charge in [0, 0.05) is 25.6 Å². The summed E-state index contributed by atoms with van der Waals surface area (Å²) >= 11 is 0. The van der Waals surface area contributed by atoms with Crippen LogP contribution in [0.2, 0.25) is 0 Å². The van der Waals surface area contributed by atoms with Crippen molar-refractivity contribution in [3.63, 3.8) is 0 Å². The van der Waals surface area contributed by atoms with Crippen molar-refractivity contribution >= 4 is 11.8 Å². The van der Waals surface area contributed by atoms with Gasteiger partial charge < -0.3 is 15.5 Å². The van der Waals surface area contributed by atoms with Crippen LogP contribution in [0.4, 0.5) is 0 Å². The Morgan fingerprint density at radius 1 is 1.22 bits per heavy atom. The van der Waals surface area contributed by atoms with Crippen molar-refractivity contribution < 1.29 is 9.59 Å². The molecule has 3 rings (SSSR count). The van der Waals surface area contributed by atoms with Crippen molar-refractivity contribution in [2.45, 2.75) is 44.2 Å². The van der Waals surface area contributed by atoms with Gasteiger partial charge in [-0.2, -0.15) is 0 Å². The van der Waals surface area contributed by atoms with Gasteiger partial charge in [0.2, 0.25) is 11.8 Å². The highest BCUT2D eigenvalue weighted by atomic mass is 16.2. The molecule has 0 saturated carbocycles. The smallest absolute Gasteiger partial charge is 0.237 e. The number of aryl methyl sites for hydroxylation is 1. The summed E-state index contributed by atoms with van der Waals surface area (Å²) in [6.07, 6.45) is 4.15. The van der Waals surface area contributed by atoms with E-state index in [1.165, 1.54) is 5.56 Å². The van der Waals surface area contributed by atoms with E-state index in [4.69, 9.17) is 0 Å². The molecule has 2 aliphatic heterocycles. The lowest BCUT2D eigenvalue weighted by molar-refractivity contribution is -0.130. The molecule has 5 heteroatoms. The molecule has 0 bridgehead atoms. The first-order valence-electron chi connectivity index (χ1n) is 8.58. The molecule has 2 amide bonds. The average molecular weight is 315 g/mol. The molecule has 2 aliphatic rings. The van der Waals surface area contributed by atoms with Crippen LogP contribution in [0.3, 0.4) is 0 Å². The van der Waals surface area contributed by atoms with Crippen LogP contribution < -0.4 is 10.6 Å². The van der Waals surface area contributed by atoms with E-state index in [-0.39, 0.29) is 23.9 Å². The molecule has 1 aromatic rings. The van der Waals surface area contributed by atoms with E-state index in [1.807, 2.05) is 23.1 Å². The number of benzene rings is 1. The van der Waals surface area contributed by atoms with Crippen molar-refractivity contribution in [1.82, 2.24) is 15.5 Å². The Morgan fingerprint density at radius 3 is 2.78 bits per heavy atom. The normalized spacial score (nSPS) is 23.9. The minimum absolute atomic E-state index is 0.0437. The lowest BCUT2D eigenvalue weighted by Gasteiger charge is -2.18. The molecule has 0 aromatic heterocycles. The number of rotatable bonds is 5. The Kier molecular flexibility index (Phi) is 5.28. The van der Waals surface area contributed by atoms with Crippen molar-refractivity contribution in [2.75, 3.05) is 19.6 Å². The number of carbonyl (C=O) groups excluding carboxylic acids is 2. The summed E-state index contributed by atoms with van der Waals surface area (Å²) in [5, 5.41) is 6.29. The van der Waals surface area contributed by atoms with Crippen molar-refractivity contribution in [2.24, 2.45) is 0 Å². The molecule has 0 radical (unpaired) electrons. The van der Waals surface area contributed by atoms with Crippen LogP contribution in [0.5, 0.6) is 0 Å². The summed E-state index contributed by atoms with van der Waals surface area (Å²) in [5.74, 6) is 0.274. The fourth-order valence-electron chi connectivity index (χ4n) is 3.37. The first-order valence-corrected chi connectivity index (χ1v) is 8.58. The fourth-order valence-corrected chi connectivity index (χ4v) is 3.37. The SMILES string of the molecule is O=C(NC1CCN(C(=O)CCc2ccccc2)C1)[C@@H]1CCCN1. The van der Waals surface area contributed by atoms with Gasteiger partial charge in [0.05, 0.1) is 6.04 Å². The first-order chi connectivity index (χ1) is 11.2. The minimum Gasteiger partial charge on any atom is -0.350 e. The van der Waals surface area contributed by atoms with E-state index in [2.05, 4.69) is 22.8 Å². The van der Waals surface area contributed by atoms with E-state index in [1.54, 1.807) is 0 Å². The lowest BCUT2D eigenvalue weighted by atomic mass is 10.1. The summed E-state index contributed by atoms with van der Waals surface area (Å²) in [4.78, 5) is 26.3. The third kappa shape index (κ3) is 4.32. The second-order valence-corrected chi connectivity index (χ2v) is 6.47. The summed E-state index contributed by atoms with van der Waals surface area (Å²) in [6.45, 7) is 2.32. The maximum absolute atomic E-state index is 12.3. The van der Waals surface area contributed by atoms with Crippen LogP contribution in [0, 0.1) is 0 Å². The quantitative estimate of drug-likeness (QED) is 0.855. The van der Waals surface area contributed by atoms with Gasteiger partial charge in [0.15, 0.2) is 0 Å². The summed E-state index contributed by atoms with van der Waals surface area (Å²) in [5.41, 5.74) is 1.19. The maximum atomic E-state index is 12.3. The molecule has 0 spiro atoms. The highest BCUT2D eigenvalue weighted by molar-refractivity contribution is 5.82. The first kappa shape index (κ1) is 16.0. The Morgan fingerprint density at radius 2 is 2.04 bits per heavy atom. The van der Waals surface area contributed by atoms with E-state index in [9.17, 15) is 9.59 Å². The number of likely N-dealkylation sites (tertiary alicyclic amines) is 1. The summed E-state index contributed by atoms with van der Waals surface area (Å²) < 4.78 is 0. The molecule has 5 nitrogen and oxygen atoms in total. The monoisotopic (exact) mass is 315 g/mol. The third-order valence-electron chi connectivity index (χ3n) is 4.73. The molecular formula is C18H25N3O2. The van der Waals surface area contributed by atoms with Crippen molar-refractivity contribution in [3.8, 4) is 0 Å². The van der Waals surface area contributed by atoms with Crippen LogP contribution in [0.25, 0.3) is 0 Å². The zero-order valence-corrected chi connectivity index (χ0v) is 13.5. The number of carbonyl (C=O) groups is 2. The Labute approximate surface area is 137 Å². The molecule has 0 aliphatic carbocycles. The van der Waals surface area contributed by atoms with Crippen LogP contribution in [0.1, 0.15) is 31.2 Å².